The highest BCUT2D eigenvalue weighted by molar-refractivity contribution is 5.94. The van der Waals surface area contributed by atoms with E-state index in [4.69, 9.17) is 9.72 Å². The van der Waals surface area contributed by atoms with Crippen molar-refractivity contribution in [2.45, 2.75) is 70.4 Å². The number of pyridine rings is 2. The summed E-state index contributed by atoms with van der Waals surface area (Å²) >= 11 is 0. The number of benzene rings is 1. The van der Waals surface area contributed by atoms with E-state index in [1.165, 1.54) is 6.07 Å². The zero-order valence-corrected chi connectivity index (χ0v) is 21.0. The van der Waals surface area contributed by atoms with E-state index in [-0.39, 0.29) is 54.0 Å². The molecule has 1 saturated heterocycles. The first-order valence-electron chi connectivity index (χ1n) is 13.0. The predicted octanol–water partition coefficient (Wildman–Crippen LogP) is 2.11. The van der Waals surface area contributed by atoms with Gasteiger partial charge in [0.15, 0.2) is 5.60 Å². The SMILES string of the molecule is CC[C@@]1(O)C(=O)OCc2c1cc1n(c2=O)Cc2c-1nc1cc(F)c(C)c3c1c2[C@@H](N1CCC(O)C1=O)CC3. The number of hydrogen-bond donors (Lipinski definition) is 2. The summed E-state index contributed by atoms with van der Waals surface area (Å²) in [6.07, 6.45) is 0.438. The number of rotatable bonds is 2. The van der Waals surface area contributed by atoms with Crippen LogP contribution in [0.1, 0.15) is 65.6 Å². The Bertz CT molecular complexity index is 1680. The molecular formula is C28H26FN3O6. The van der Waals surface area contributed by atoms with Crippen molar-refractivity contribution >= 4 is 22.8 Å². The summed E-state index contributed by atoms with van der Waals surface area (Å²) in [5.41, 5.74) is 2.41. The van der Waals surface area contributed by atoms with Crippen LogP contribution in [0, 0.1) is 12.7 Å². The van der Waals surface area contributed by atoms with Gasteiger partial charge in [-0.3, -0.25) is 9.59 Å². The molecule has 1 amide bonds. The standard InChI is InChI=1S/C28H26FN3O6/c1-3-28(37)16-8-20-24-14(10-32(20)25(34)15(16)11-38-27(28)36)23-19(31-7-6-21(33)26(31)35)5-4-13-12(2)17(29)9-18(30-24)22(13)23/h8-9,19,21,33,37H,3-7,10-11H2,1-2H3/t19-,21?,28-/m0/s1. The van der Waals surface area contributed by atoms with E-state index in [2.05, 4.69) is 0 Å². The zero-order valence-electron chi connectivity index (χ0n) is 21.0. The zero-order chi connectivity index (χ0) is 26.7. The number of esters is 1. The molecule has 10 heteroatoms. The highest BCUT2D eigenvalue weighted by Crippen LogP contribution is 2.48. The summed E-state index contributed by atoms with van der Waals surface area (Å²) < 4.78 is 21.7. The molecule has 2 N–H and O–H groups in total. The molecule has 3 aromatic rings. The topological polar surface area (TPSA) is 122 Å². The fourth-order valence-corrected chi connectivity index (χ4v) is 6.84. The maximum Gasteiger partial charge on any atom is 0.343 e. The summed E-state index contributed by atoms with van der Waals surface area (Å²) in [7, 11) is 0. The van der Waals surface area contributed by atoms with Gasteiger partial charge in [-0.15, -0.1) is 0 Å². The molecule has 0 spiro atoms. The summed E-state index contributed by atoms with van der Waals surface area (Å²) in [6.45, 7) is 3.74. The van der Waals surface area contributed by atoms with E-state index in [0.717, 1.165) is 22.1 Å². The molecule has 4 aliphatic rings. The molecule has 0 radical (unpaired) electrons. The Morgan fingerprint density at radius 2 is 1.97 bits per heavy atom. The van der Waals surface area contributed by atoms with Gasteiger partial charge in [0.25, 0.3) is 11.5 Å². The minimum atomic E-state index is -1.95. The van der Waals surface area contributed by atoms with Crippen LogP contribution in [0.5, 0.6) is 0 Å². The number of carbonyl (C=O) groups excluding carboxylic acids is 2. The fraction of sp³-hybridized carbons (Fsp3) is 0.429. The summed E-state index contributed by atoms with van der Waals surface area (Å²) in [4.78, 5) is 45.6. The summed E-state index contributed by atoms with van der Waals surface area (Å²) in [6, 6.07) is 2.67. The molecule has 1 fully saturated rings. The van der Waals surface area contributed by atoms with Gasteiger partial charge in [0.05, 0.1) is 35.1 Å². The Kier molecular flexibility index (Phi) is 4.76. The molecule has 3 atom stereocenters. The molecular weight excluding hydrogens is 493 g/mol. The number of carbonyl (C=O) groups is 2. The first-order chi connectivity index (χ1) is 18.2. The van der Waals surface area contributed by atoms with Crippen LogP contribution in [-0.4, -0.2) is 49.2 Å². The van der Waals surface area contributed by atoms with E-state index >= 15 is 4.39 Å². The molecule has 7 rings (SSSR count). The summed E-state index contributed by atoms with van der Waals surface area (Å²) in [5, 5.41) is 22.2. The largest absolute Gasteiger partial charge is 0.458 e. The third kappa shape index (κ3) is 2.82. The Morgan fingerprint density at radius 3 is 2.68 bits per heavy atom. The van der Waals surface area contributed by atoms with E-state index in [9.17, 15) is 24.6 Å². The van der Waals surface area contributed by atoms with Crippen molar-refractivity contribution < 1.29 is 28.9 Å². The lowest BCUT2D eigenvalue weighted by Crippen LogP contribution is -2.44. The van der Waals surface area contributed by atoms with Gasteiger partial charge < -0.3 is 24.4 Å². The molecule has 38 heavy (non-hydrogen) atoms. The number of aliphatic hydroxyl groups excluding tert-OH is 1. The summed E-state index contributed by atoms with van der Waals surface area (Å²) in [5.74, 6) is -1.51. The predicted molar refractivity (Wildman–Crippen MR) is 133 cm³/mol. The first-order valence-corrected chi connectivity index (χ1v) is 13.0. The number of aliphatic hydroxyl groups is 2. The van der Waals surface area contributed by atoms with E-state index in [1.807, 2.05) is 0 Å². The normalized spacial score (nSPS) is 25.4. The van der Waals surface area contributed by atoms with Crippen molar-refractivity contribution in [1.29, 1.82) is 0 Å². The van der Waals surface area contributed by atoms with Crippen LogP contribution in [0.25, 0.3) is 22.3 Å². The van der Waals surface area contributed by atoms with Gasteiger partial charge in [-0.2, -0.15) is 0 Å². The highest BCUT2D eigenvalue weighted by Gasteiger charge is 2.46. The minimum absolute atomic E-state index is 0.0281. The lowest BCUT2D eigenvalue weighted by atomic mass is 9.81. The molecule has 0 saturated carbocycles. The lowest BCUT2D eigenvalue weighted by Gasteiger charge is -2.35. The minimum Gasteiger partial charge on any atom is -0.458 e. The van der Waals surface area contributed by atoms with Gasteiger partial charge in [-0.05, 0) is 55.4 Å². The molecule has 3 aliphatic heterocycles. The average molecular weight is 520 g/mol. The van der Waals surface area contributed by atoms with E-state index < -0.39 is 17.7 Å². The number of aryl methyl sites for hydroxylation is 1. The smallest absolute Gasteiger partial charge is 0.343 e. The Morgan fingerprint density at radius 1 is 1.18 bits per heavy atom. The van der Waals surface area contributed by atoms with Crippen LogP contribution < -0.4 is 5.56 Å². The van der Waals surface area contributed by atoms with Crippen LogP contribution in [0.15, 0.2) is 16.9 Å². The van der Waals surface area contributed by atoms with Crippen LogP contribution in [0.2, 0.25) is 0 Å². The molecule has 9 nitrogen and oxygen atoms in total. The number of halogens is 1. The number of fused-ring (bicyclic) bond motifs is 5. The highest BCUT2D eigenvalue weighted by atomic mass is 19.1. The quantitative estimate of drug-likeness (QED) is 0.389. The number of nitrogens with zero attached hydrogens (tertiary/aromatic N) is 3. The van der Waals surface area contributed by atoms with Gasteiger partial charge in [0, 0.05) is 29.1 Å². The lowest BCUT2D eigenvalue weighted by molar-refractivity contribution is -0.172. The molecule has 0 bridgehead atoms. The second-order valence-electron chi connectivity index (χ2n) is 10.7. The van der Waals surface area contributed by atoms with Crippen molar-refractivity contribution in [2.75, 3.05) is 6.54 Å². The van der Waals surface area contributed by atoms with Crippen molar-refractivity contribution in [3.8, 4) is 11.4 Å². The van der Waals surface area contributed by atoms with Gasteiger partial charge >= 0.3 is 5.97 Å². The van der Waals surface area contributed by atoms with Gasteiger partial charge in [0.1, 0.15) is 18.5 Å². The van der Waals surface area contributed by atoms with Crippen LogP contribution >= 0.6 is 0 Å². The molecule has 196 valence electrons. The van der Waals surface area contributed by atoms with Gasteiger partial charge in [-0.1, -0.05) is 6.92 Å². The van der Waals surface area contributed by atoms with Crippen molar-refractivity contribution in [3.63, 3.8) is 0 Å². The molecule has 2 aromatic heterocycles. The fourth-order valence-electron chi connectivity index (χ4n) is 6.84. The number of aromatic nitrogens is 2. The monoisotopic (exact) mass is 519 g/mol. The molecule has 5 heterocycles. The van der Waals surface area contributed by atoms with Crippen LogP contribution in [0.4, 0.5) is 4.39 Å². The number of hydrogen-bond acceptors (Lipinski definition) is 7. The molecule has 1 aliphatic carbocycles. The maximum absolute atomic E-state index is 15.0. The maximum atomic E-state index is 15.0. The van der Waals surface area contributed by atoms with Crippen LogP contribution in [-0.2, 0) is 39.5 Å². The Balaban J connectivity index is 1.53. The Labute approximate surface area is 216 Å². The number of amides is 1. The third-order valence-electron chi connectivity index (χ3n) is 8.94. The van der Waals surface area contributed by atoms with E-state index in [1.54, 1.807) is 29.4 Å². The number of cyclic esters (lactones) is 1. The van der Waals surface area contributed by atoms with Crippen molar-refractivity contribution in [2.24, 2.45) is 0 Å². The molecule has 1 aromatic carbocycles. The van der Waals surface area contributed by atoms with Gasteiger partial charge in [-0.25, -0.2) is 14.2 Å². The second kappa shape index (κ2) is 7.70. The molecule has 1 unspecified atom stereocenters. The Hall–Kier alpha value is -3.63. The second-order valence-corrected chi connectivity index (χ2v) is 10.7. The van der Waals surface area contributed by atoms with Crippen molar-refractivity contribution in [1.82, 2.24) is 14.5 Å². The first kappa shape index (κ1) is 23.5. The van der Waals surface area contributed by atoms with E-state index in [0.29, 0.717) is 48.3 Å². The number of likely N-dealkylation sites (tertiary alicyclic amines) is 1. The van der Waals surface area contributed by atoms with Crippen molar-refractivity contribution in [3.05, 3.63) is 61.7 Å². The average Bonchev–Trinajstić information content (AvgIpc) is 3.44. The number of ether oxygens (including phenoxy) is 1. The van der Waals surface area contributed by atoms with Gasteiger partial charge in [0.2, 0.25) is 0 Å². The van der Waals surface area contributed by atoms with Crippen LogP contribution in [0.3, 0.4) is 0 Å². The third-order valence-corrected chi connectivity index (χ3v) is 8.94.